The first-order valence-corrected chi connectivity index (χ1v) is 9.74. The number of carbonyl (C=O) groups excluding carboxylic acids is 1. The van der Waals surface area contributed by atoms with Gasteiger partial charge in [-0.15, -0.1) is 0 Å². The summed E-state index contributed by atoms with van der Waals surface area (Å²) >= 11 is 6.09. The van der Waals surface area contributed by atoms with E-state index in [2.05, 4.69) is 9.97 Å². The van der Waals surface area contributed by atoms with E-state index in [0.29, 0.717) is 11.3 Å². The van der Waals surface area contributed by atoms with Crippen molar-refractivity contribution < 1.29 is 9.18 Å². The van der Waals surface area contributed by atoms with Crippen LogP contribution in [0.1, 0.15) is 34.2 Å². The molecule has 5 nitrogen and oxygen atoms in total. The van der Waals surface area contributed by atoms with E-state index in [0.717, 1.165) is 34.7 Å². The second kappa shape index (κ2) is 7.44. The Morgan fingerprint density at radius 2 is 1.83 bits per heavy atom. The Morgan fingerprint density at radius 3 is 2.52 bits per heavy atom. The van der Waals surface area contributed by atoms with Gasteiger partial charge in [0.25, 0.3) is 5.91 Å². The molecule has 0 atom stereocenters. The molecule has 1 amide bonds. The van der Waals surface area contributed by atoms with Crippen molar-refractivity contribution >= 4 is 34.6 Å². The molecule has 0 radical (unpaired) electrons. The maximum Gasteiger partial charge on any atom is 0.262 e. The van der Waals surface area contributed by atoms with Gasteiger partial charge in [0.05, 0.1) is 28.8 Å². The Labute approximate surface area is 173 Å². The number of aryl methyl sites for hydroxylation is 3. The van der Waals surface area contributed by atoms with Crippen LogP contribution in [0.15, 0.2) is 42.6 Å². The maximum atomic E-state index is 13.7. The molecular formula is C22H20ClFN4O. The number of hydrogen-bond acceptors (Lipinski definition) is 4. The summed E-state index contributed by atoms with van der Waals surface area (Å²) < 4.78 is 13.7. The summed E-state index contributed by atoms with van der Waals surface area (Å²) in [5.74, 6) is -0.477. The Balaban J connectivity index is 1.87. The lowest BCUT2D eigenvalue weighted by Crippen LogP contribution is -2.45. The third-order valence-electron chi connectivity index (χ3n) is 5.12. The molecule has 0 spiro atoms. The molecule has 2 aromatic heterocycles. The summed E-state index contributed by atoms with van der Waals surface area (Å²) in [5, 5.41) is 0.242. The predicted octanol–water partition coefficient (Wildman–Crippen LogP) is 5.20. The van der Waals surface area contributed by atoms with E-state index >= 15 is 0 Å². The van der Waals surface area contributed by atoms with E-state index in [1.54, 1.807) is 23.2 Å². The highest BCUT2D eigenvalue weighted by Crippen LogP contribution is 2.38. The van der Waals surface area contributed by atoms with E-state index in [4.69, 9.17) is 11.6 Å². The number of nitrogens with zero attached hydrogens (tertiary/aromatic N) is 4. The monoisotopic (exact) mass is 410 g/mol. The van der Waals surface area contributed by atoms with Crippen molar-refractivity contribution in [3.8, 4) is 0 Å². The Hall–Kier alpha value is -2.99. The molecule has 0 unspecified atom stereocenters. The van der Waals surface area contributed by atoms with Crippen molar-refractivity contribution in [2.24, 2.45) is 0 Å². The van der Waals surface area contributed by atoms with Crippen LogP contribution < -0.4 is 9.80 Å². The summed E-state index contributed by atoms with van der Waals surface area (Å²) in [5.41, 5.74) is 5.11. The molecule has 0 fully saturated rings. The van der Waals surface area contributed by atoms with Crippen molar-refractivity contribution in [2.75, 3.05) is 16.5 Å². The van der Waals surface area contributed by atoms with Crippen molar-refractivity contribution in [3.05, 3.63) is 76.1 Å². The number of pyridine rings is 2. The normalized spacial score (nSPS) is 13.6. The van der Waals surface area contributed by atoms with Crippen LogP contribution in [0.3, 0.4) is 0 Å². The third-order valence-corrected chi connectivity index (χ3v) is 5.32. The lowest BCUT2D eigenvalue weighted by Gasteiger charge is -2.38. The first kappa shape index (κ1) is 19.3. The van der Waals surface area contributed by atoms with Crippen LogP contribution >= 0.6 is 11.6 Å². The first-order chi connectivity index (χ1) is 13.9. The minimum absolute atomic E-state index is 0.172. The summed E-state index contributed by atoms with van der Waals surface area (Å²) in [6.07, 6.45) is 2.40. The van der Waals surface area contributed by atoms with Crippen LogP contribution in [0, 0.1) is 19.7 Å². The van der Waals surface area contributed by atoms with Crippen molar-refractivity contribution in [1.82, 2.24) is 9.97 Å². The van der Waals surface area contributed by atoms with E-state index in [1.807, 2.05) is 37.8 Å². The minimum atomic E-state index is -0.305. The number of benzene rings is 1. The zero-order valence-corrected chi connectivity index (χ0v) is 17.2. The van der Waals surface area contributed by atoms with E-state index in [1.165, 1.54) is 12.1 Å². The zero-order chi connectivity index (χ0) is 20.7. The van der Waals surface area contributed by atoms with Gasteiger partial charge in [0.15, 0.2) is 0 Å². The van der Waals surface area contributed by atoms with Crippen LogP contribution in [-0.2, 0) is 6.42 Å². The largest absolute Gasteiger partial charge is 0.320 e. The predicted molar refractivity (Wildman–Crippen MR) is 113 cm³/mol. The van der Waals surface area contributed by atoms with Crippen molar-refractivity contribution in [1.29, 1.82) is 0 Å². The Bertz CT molecular complexity index is 1120. The number of carbonyl (C=O) groups is 1. The lowest BCUT2D eigenvalue weighted by atomic mass is 10.1. The Morgan fingerprint density at radius 1 is 1.07 bits per heavy atom. The molecule has 1 aromatic carbocycles. The van der Waals surface area contributed by atoms with Crippen molar-refractivity contribution in [2.45, 2.75) is 27.2 Å². The molecule has 7 heteroatoms. The fourth-order valence-corrected chi connectivity index (χ4v) is 3.80. The second-order valence-corrected chi connectivity index (χ2v) is 7.41. The Kier molecular flexibility index (Phi) is 4.96. The number of hydrogen-bond donors (Lipinski definition) is 0. The van der Waals surface area contributed by atoms with Gasteiger partial charge in [-0.2, -0.15) is 0 Å². The number of rotatable bonds is 3. The number of amides is 1. The van der Waals surface area contributed by atoms with Crippen LogP contribution in [0.25, 0.3) is 0 Å². The number of aromatic nitrogens is 2. The fourth-order valence-electron chi connectivity index (χ4n) is 3.64. The maximum absolute atomic E-state index is 13.7. The summed E-state index contributed by atoms with van der Waals surface area (Å²) in [7, 11) is 0. The zero-order valence-electron chi connectivity index (χ0n) is 16.4. The second-order valence-electron chi connectivity index (χ2n) is 7.02. The fraction of sp³-hybridized carbons (Fsp3) is 0.227. The molecule has 0 N–H and O–H groups in total. The average molecular weight is 411 g/mol. The lowest BCUT2D eigenvalue weighted by molar-refractivity contribution is 0.0983. The number of fused-ring (bicyclic) bond motifs is 1. The standard InChI is InChI=1S/C22H20ClFN4O/c1-4-16-6-8-19(14(3)26-16)28-12-27(18-7-5-15(24)9-13(18)2)20-11-25-21(23)10-17(20)22(28)29/h5-11H,4,12H2,1-3H3. The van der Waals surface area contributed by atoms with Gasteiger partial charge in [-0.05, 0) is 62.2 Å². The number of anilines is 3. The van der Waals surface area contributed by atoms with Gasteiger partial charge in [-0.1, -0.05) is 18.5 Å². The quantitative estimate of drug-likeness (QED) is 0.556. The van der Waals surface area contributed by atoms with Gasteiger partial charge >= 0.3 is 0 Å². The van der Waals surface area contributed by atoms with Crippen LogP contribution in [0.5, 0.6) is 0 Å². The summed E-state index contributed by atoms with van der Waals surface area (Å²) in [6, 6.07) is 10.0. The van der Waals surface area contributed by atoms with Crippen molar-refractivity contribution in [3.63, 3.8) is 0 Å². The summed E-state index contributed by atoms with van der Waals surface area (Å²) in [6.45, 7) is 6.03. The molecular weight excluding hydrogens is 391 g/mol. The van der Waals surface area contributed by atoms with Gasteiger partial charge in [0.1, 0.15) is 17.6 Å². The molecule has 3 heterocycles. The van der Waals surface area contributed by atoms with Gasteiger partial charge in [-0.25, -0.2) is 9.37 Å². The third kappa shape index (κ3) is 3.44. The molecule has 1 aliphatic heterocycles. The van der Waals surface area contributed by atoms with E-state index in [9.17, 15) is 9.18 Å². The highest BCUT2D eigenvalue weighted by molar-refractivity contribution is 6.30. The van der Waals surface area contributed by atoms with Crippen LogP contribution in [0.4, 0.5) is 21.5 Å². The van der Waals surface area contributed by atoms with E-state index < -0.39 is 0 Å². The highest BCUT2D eigenvalue weighted by atomic mass is 35.5. The molecule has 1 aliphatic rings. The number of halogens is 2. The van der Waals surface area contributed by atoms with Crippen LogP contribution in [0.2, 0.25) is 5.15 Å². The molecule has 29 heavy (non-hydrogen) atoms. The molecule has 4 rings (SSSR count). The molecule has 0 saturated heterocycles. The first-order valence-electron chi connectivity index (χ1n) is 9.36. The highest BCUT2D eigenvalue weighted by Gasteiger charge is 2.33. The van der Waals surface area contributed by atoms with Gasteiger partial charge in [-0.3, -0.25) is 14.7 Å². The van der Waals surface area contributed by atoms with Gasteiger partial charge < -0.3 is 4.90 Å². The molecule has 0 aliphatic carbocycles. The smallest absolute Gasteiger partial charge is 0.262 e. The topological polar surface area (TPSA) is 49.3 Å². The average Bonchev–Trinajstić information content (AvgIpc) is 2.69. The SMILES string of the molecule is CCc1ccc(N2CN(c3ccc(F)cc3C)c3cnc(Cl)cc3C2=O)c(C)n1. The molecule has 3 aromatic rings. The molecule has 0 bridgehead atoms. The van der Waals surface area contributed by atoms with Gasteiger partial charge in [0, 0.05) is 11.4 Å². The molecule has 148 valence electrons. The van der Waals surface area contributed by atoms with Crippen LogP contribution in [-0.4, -0.2) is 22.5 Å². The van der Waals surface area contributed by atoms with E-state index in [-0.39, 0.29) is 23.5 Å². The van der Waals surface area contributed by atoms with Gasteiger partial charge in [0.2, 0.25) is 0 Å². The summed E-state index contributed by atoms with van der Waals surface area (Å²) in [4.78, 5) is 25.7. The molecule has 0 saturated carbocycles. The minimum Gasteiger partial charge on any atom is -0.320 e.